The molecule has 1 aromatic carbocycles. The number of aliphatic hydroxyl groups is 1. The standard InChI is InChI=1S/C15H14ClN3O/c1-15(20,13-4-2-3-5-14(13)16)10-19-12-7-6-11(8-17)18-9-12/h2-7,9,19-20H,10H2,1H3/t15-/m1/s1. The van der Waals surface area contributed by atoms with Crippen molar-refractivity contribution in [1.82, 2.24) is 4.98 Å². The fourth-order valence-electron chi connectivity index (χ4n) is 1.83. The molecule has 0 fully saturated rings. The van der Waals surface area contributed by atoms with Crippen molar-refractivity contribution < 1.29 is 5.11 Å². The minimum Gasteiger partial charge on any atom is -0.384 e. The normalized spacial score (nSPS) is 13.3. The number of benzene rings is 1. The van der Waals surface area contributed by atoms with Crippen molar-refractivity contribution >= 4 is 17.3 Å². The molecular weight excluding hydrogens is 274 g/mol. The van der Waals surface area contributed by atoms with Crippen LogP contribution in [0.2, 0.25) is 5.02 Å². The van der Waals surface area contributed by atoms with Crippen LogP contribution in [0.4, 0.5) is 5.69 Å². The maximum Gasteiger partial charge on any atom is 0.140 e. The van der Waals surface area contributed by atoms with Gasteiger partial charge in [0, 0.05) is 17.1 Å². The Morgan fingerprint density at radius 2 is 2.10 bits per heavy atom. The molecule has 1 heterocycles. The second-order valence-electron chi connectivity index (χ2n) is 4.65. The molecule has 0 saturated heterocycles. The van der Waals surface area contributed by atoms with Crippen LogP contribution in [-0.2, 0) is 5.60 Å². The third kappa shape index (κ3) is 3.27. The molecule has 2 aromatic rings. The average molecular weight is 288 g/mol. The number of hydrogen-bond donors (Lipinski definition) is 2. The van der Waals surface area contributed by atoms with Gasteiger partial charge in [-0.05, 0) is 25.1 Å². The summed E-state index contributed by atoms with van der Waals surface area (Å²) < 4.78 is 0. The van der Waals surface area contributed by atoms with Crippen molar-refractivity contribution in [3.05, 3.63) is 58.9 Å². The van der Waals surface area contributed by atoms with Crippen molar-refractivity contribution in [3.63, 3.8) is 0 Å². The van der Waals surface area contributed by atoms with Crippen LogP contribution in [0.25, 0.3) is 0 Å². The third-order valence-corrected chi connectivity index (χ3v) is 3.30. The van der Waals surface area contributed by atoms with Gasteiger partial charge in [0.05, 0.1) is 11.9 Å². The lowest BCUT2D eigenvalue weighted by molar-refractivity contribution is 0.0716. The first-order chi connectivity index (χ1) is 9.53. The summed E-state index contributed by atoms with van der Waals surface area (Å²) in [5.74, 6) is 0. The maximum atomic E-state index is 10.5. The molecule has 1 atom stereocenters. The molecule has 0 aliphatic heterocycles. The largest absolute Gasteiger partial charge is 0.384 e. The Hall–Kier alpha value is -2.09. The van der Waals surface area contributed by atoms with Crippen LogP contribution in [-0.4, -0.2) is 16.6 Å². The molecule has 0 radical (unpaired) electrons. The highest BCUT2D eigenvalue weighted by Gasteiger charge is 2.25. The molecule has 0 unspecified atom stereocenters. The summed E-state index contributed by atoms with van der Waals surface area (Å²) >= 11 is 6.09. The van der Waals surface area contributed by atoms with Gasteiger partial charge in [0.15, 0.2) is 0 Å². The van der Waals surface area contributed by atoms with Gasteiger partial charge in [0.2, 0.25) is 0 Å². The Morgan fingerprint density at radius 3 is 2.70 bits per heavy atom. The van der Waals surface area contributed by atoms with Gasteiger partial charge in [-0.25, -0.2) is 4.98 Å². The molecular formula is C15H14ClN3O. The number of halogens is 1. The van der Waals surface area contributed by atoms with E-state index in [1.54, 1.807) is 37.4 Å². The number of rotatable bonds is 4. The first-order valence-electron chi connectivity index (χ1n) is 6.10. The number of hydrogen-bond acceptors (Lipinski definition) is 4. The zero-order valence-electron chi connectivity index (χ0n) is 11.0. The zero-order chi connectivity index (χ0) is 14.6. The maximum absolute atomic E-state index is 10.5. The molecule has 0 bridgehead atoms. The van der Waals surface area contributed by atoms with Crippen LogP contribution in [0.1, 0.15) is 18.2 Å². The monoisotopic (exact) mass is 287 g/mol. The van der Waals surface area contributed by atoms with Gasteiger partial charge in [0.1, 0.15) is 17.4 Å². The summed E-state index contributed by atoms with van der Waals surface area (Å²) in [6.07, 6.45) is 1.56. The fraction of sp³-hybridized carbons (Fsp3) is 0.200. The van der Waals surface area contributed by atoms with Crippen LogP contribution in [0.15, 0.2) is 42.6 Å². The predicted octanol–water partition coefficient (Wildman–Crippen LogP) is 2.93. The topological polar surface area (TPSA) is 68.9 Å². The lowest BCUT2D eigenvalue weighted by Crippen LogP contribution is -2.31. The average Bonchev–Trinajstić information content (AvgIpc) is 2.46. The Balaban J connectivity index is 2.09. The molecule has 2 N–H and O–H groups in total. The molecule has 5 heteroatoms. The molecule has 4 nitrogen and oxygen atoms in total. The Kier molecular flexibility index (Phi) is 4.23. The molecule has 0 saturated carbocycles. The van der Waals surface area contributed by atoms with E-state index >= 15 is 0 Å². The number of pyridine rings is 1. The van der Waals surface area contributed by atoms with E-state index in [4.69, 9.17) is 16.9 Å². The van der Waals surface area contributed by atoms with Gasteiger partial charge in [-0.3, -0.25) is 0 Å². The molecule has 102 valence electrons. The van der Waals surface area contributed by atoms with Gasteiger partial charge in [0.25, 0.3) is 0 Å². The van der Waals surface area contributed by atoms with Crippen molar-refractivity contribution in [1.29, 1.82) is 5.26 Å². The molecule has 2 rings (SSSR count). The molecule has 0 spiro atoms. The van der Waals surface area contributed by atoms with Gasteiger partial charge < -0.3 is 10.4 Å². The molecule has 20 heavy (non-hydrogen) atoms. The third-order valence-electron chi connectivity index (χ3n) is 2.97. The number of anilines is 1. The summed E-state index contributed by atoms with van der Waals surface area (Å²) in [7, 11) is 0. The highest BCUT2D eigenvalue weighted by molar-refractivity contribution is 6.31. The lowest BCUT2D eigenvalue weighted by Gasteiger charge is -2.25. The first kappa shape index (κ1) is 14.3. The van der Waals surface area contributed by atoms with Crippen molar-refractivity contribution in [2.45, 2.75) is 12.5 Å². The summed E-state index contributed by atoms with van der Waals surface area (Å²) in [6.45, 7) is 1.97. The summed E-state index contributed by atoms with van der Waals surface area (Å²) in [5.41, 5.74) is 0.646. The second kappa shape index (κ2) is 5.91. The number of nitrogens with zero attached hydrogens (tertiary/aromatic N) is 2. The van der Waals surface area contributed by atoms with Crippen LogP contribution in [0.5, 0.6) is 0 Å². The van der Waals surface area contributed by atoms with E-state index in [1.165, 1.54) is 0 Å². The second-order valence-corrected chi connectivity index (χ2v) is 5.06. The molecule has 0 amide bonds. The first-order valence-corrected chi connectivity index (χ1v) is 6.48. The van der Waals surface area contributed by atoms with Gasteiger partial charge in [-0.1, -0.05) is 29.8 Å². The molecule has 0 aliphatic carbocycles. The highest BCUT2D eigenvalue weighted by atomic mass is 35.5. The van der Waals surface area contributed by atoms with Crippen LogP contribution >= 0.6 is 11.6 Å². The number of aromatic nitrogens is 1. The van der Waals surface area contributed by atoms with Crippen LogP contribution in [0.3, 0.4) is 0 Å². The van der Waals surface area contributed by atoms with E-state index in [9.17, 15) is 5.11 Å². The predicted molar refractivity (Wildman–Crippen MR) is 78.5 cm³/mol. The van der Waals surface area contributed by atoms with E-state index in [-0.39, 0.29) is 6.54 Å². The van der Waals surface area contributed by atoms with E-state index in [0.717, 1.165) is 5.69 Å². The Morgan fingerprint density at radius 1 is 1.35 bits per heavy atom. The Bertz CT molecular complexity index is 632. The molecule has 1 aromatic heterocycles. The lowest BCUT2D eigenvalue weighted by atomic mass is 9.96. The smallest absolute Gasteiger partial charge is 0.140 e. The van der Waals surface area contributed by atoms with Crippen molar-refractivity contribution in [2.24, 2.45) is 0 Å². The zero-order valence-corrected chi connectivity index (χ0v) is 11.7. The number of nitriles is 1. The van der Waals surface area contributed by atoms with Crippen LogP contribution in [0, 0.1) is 11.3 Å². The summed E-state index contributed by atoms with van der Waals surface area (Å²) in [5, 5.41) is 22.8. The van der Waals surface area contributed by atoms with E-state index < -0.39 is 5.60 Å². The highest BCUT2D eigenvalue weighted by Crippen LogP contribution is 2.28. The fourth-order valence-corrected chi connectivity index (χ4v) is 2.17. The SMILES string of the molecule is C[C@@](O)(CNc1ccc(C#N)nc1)c1ccccc1Cl. The Labute approximate surface area is 122 Å². The summed E-state index contributed by atoms with van der Waals surface area (Å²) in [4.78, 5) is 3.96. The van der Waals surface area contributed by atoms with Crippen LogP contribution < -0.4 is 5.32 Å². The van der Waals surface area contributed by atoms with Gasteiger partial charge in [-0.15, -0.1) is 0 Å². The number of nitrogens with one attached hydrogen (secondary N) is 1. The van der Waals surface area contributed by atoms with Gasteiger partial charge >= 0.3 is 0 Å². The van der Waals surface area contributed by atoms with Gasteiger partial charge in [-0.2, -0.15) is 5.26 Å². The van der Waals surface area contributed by atoms with Crippen molar-refractivity contribution in [2.75, 3.05) is 11.9 Å². The minimum absolute atomic E-state index is 0.282. The van der Waals surface area contributed by atoms with E-state index in [0.29, 0.717) is 16.3 Å². The summed E-state index contributed by atoms with van der Waals surface area (Å²) in [6, 6.07) is 12.5. The van der Waals surface area contributed by atoms with E-state index in [2.05, 4.69) is 10.3 Å². The van der Waals surface area contributed by atoms with E-state index in [1.807, 2.05) is 18.2 Å². The molecule has 0 aliphatic rings. The van der Waals surface area contributed by atoms with Crippen molar-refractivity contribution in [3.8, 4) is 6.07 Å². The minimum atomic E-state index is -1.10. The quantitative estimate of drug-likeness (QED) is 0.907.